The SMILES string of the molecule is O=C(O)CCS(=O)(=O)N(CCO)CCO. The summed E-state index contributed by atoms with van der Waals surface area (Å²) in [7, 11) is -3.71. The number of hydrogen-bond donors (Lipinski definition) is 3. The predicted molar refractivity (Wildman–Crippen MR) is 51.8 cm³/mol. The Hall–Kier alpha value is -0.700. The van der Waals surface area contributed by atoms with E-state index in [2.05, 4.69) is 0 Å². The fraction of sp³-hybridized carbons (Fsp3) is 0.857. The molecule has 3 N–H and O–H groups in total. The third-order valence-electron chi connectivity index (χ3n) is 1.67. The van der Waals surface area contributed by atoms with Gasteiger partial charge in [0, 0.05) is 13.1 Å². The number of sulfonamides is 1. The molecule has 0 aliphatic carbocycles. The van der Waals surface area contributed by atoms with E-state index in [0.29, 0.717) is 0 Å². The molecule has 0 saturated carbocycles. The Kier molecular flexibility index (Phi) is 6.41. The van der Waals surface area contributed by atoms with E-state index < -0.39 is 28.2 Å². The Morgan fingerprint density at radius 1 is 1.13 bits per heavy atom. The van der Waals surface area contributed by atoms with Crippen molar-refractivity contribution in [2.45, 2.75) is 6.42 Å². The van der Waals surface area contributed by atoms with E-state index in [4.69, 9.17) is 15.3 Å². The number of aliphatic hydroxyl groups is 2. The molecule has 15 heavy (non-hydrogen) atoms. The number of carboxylic acid groups (broad SMARTS) is 1. The summed E-state index contributed by atoms with van der Waals surface area (Å²) in [6.07, 6.45) is -0.490. The molecule has 0 spiro atoms. The van der Waals surface area contributed by atoms with Gasteiger partial charge in [-0.05, 0) is 0 Å². The van der Waals surface area contributed by atoms with Crippen LogP contribution < -0.4 is 0 Å². The van der Waals surface area contributed by atoms with Crippen LogP contribution in [0.15, 0.2) is 0 Å². The first-order valence-corrected chi connectivity index (χ1v) is 5.96. The maximum atomic E-state index is 11.5. The lowest BCUT2D eigenvalue weighted by Crippen LogP contribution is -2.37. The Labute approximate surface area is 88.0 Å². The molecule has 0 rings (SSSR count). The number of aliphatic hydroxyl groups excluding tert-OH is 2. The minimum absolute atomic E-state index is 0.136. The van der Waals surface area contributed by atoms with E-state index in [0.717, 1.165) is 4.31 Å². The Morgan fingerprint density at radius 2 is 1.60 bits per heavy atom. The number of nitrogens with zero attached hydrogens (tertiary/aromatic N) is 1. The van der Waals surface area contributed by atoms with Crippen molar-refractivity contribution in [2.75, 3.05) is 32.1 Å². The second-order valence-electron chi connectivity index (χ2n) is 2.81. The van der Waals surface area contributed by atoms with Crippen molar-refractivity contribution >= 4 is 16.0 Å². The maximum absolute atomic E-state index is 11.5. The number of rotatable bonds is 8. The van der Waals surface area contributed by atoms with Crippen LogP contribution in [0.3, 0.4) is 0 Å². The topological polar surface area (TPSA) is 115 Å². The van der Waals surface area contributed by atoms with Gasteiger partial charge in [0.15, 0.2) is 0 Å². The highest BCUT2D eigenvalue weighted by Crippen LogP contribution is 2.02. The zero-order chi connectivity index (χ0) is 11.9. The summed E-state index contributed by atoms with van der Waals surface area (Å²) in [6.45, 7) is -1.01. The normalized spacial score (nSPS) is 11.9. The van der Waals surface area contributed by atoms with Crippen molar-refractivity contribution in [3.8, 4) is 0 Å². The molecule has 0 saturated heterocycles. The number of aliphatic carboxylic acids is 1. The molecule has 0 amide bonds. The second-order valence-corrected chi connectivity index (χ2v) is 4.89. The van der Waals surface area contributed by atoms with E-state index in [1.54, 1.807) is 0 Å². The second kappa shape index (κ2) is 6.72. The standard InChI is InChI=1S/C7H15NO6S/c9-4-2-8(3-5-10)15(13,14)6-1-7(11)12/h9-10H,1-6H2,(H,11,12). The van der Waals surface area contributed by atoms with Gasteiger partial charge in [-0.2, -0.15) is 4.31 Å². The fourth-order valence-corrected chi connectivity index (χ4v) is 2.37. The highest BCUT2D eigenvalue weighted by atomic mass is 32.2. The monoisotopic (exact) mass is 241 g/mol. The van der Waals surface area contributed by atoms with Crippen LogP contribution in [0.5, 0.6) is 0 Å². The molecule has 0 aliphatic rings. The van der Waals surface area contributed by atoms with Crippen LogP contribution in [0.1, 0.15) is 6.42 Å². The molecule has 0 unspecified atom stereocenters. The van der Waals surface area contributed by atoms with Gasteiger partial charge in [-0.3, -0.25) is 4.79 Å². The average molecular weight is 241 g/mol. The van der Waals surface area contributed by atoms with Gasteiger partial charge in [-0.25, -0.2) is 8.42 Å². The van der Waals surface area contributed by atoms with E-state index in [-0.39, 0.29) is 26.3 Å². The molecule has 0 bridgehead atoms. The van der Waals surface area contributed by atoms with Crippen LogP contribution in [-0.2, 0) is 14.8 Å². The minimum Gasteiger partial charge on any atom is -0.481 e. The summed E-state index contributed by atoms with van der Waals surface area (Å²) in [5.74, 6) is -1.73. The van der Waals surface area contributed by atoms with E-state index >= 15 is 0 Å². The summed E-state index contributed by atoms with van der Waals surface area (Å²) in [5.41, 5.74) is 0. The van der Waals surface area contributed by atoms with E-state index in [9.17, 15) is 13.2 Å². The van der Waals surface area contributed by atoms with Gasteiger partial charge in [-0.15, -0.1) is 0 Å². The van der Waals surface area contributed by atoms with Gasteiger partial charge in [0.25, 0.3) is 0 Å². The summed E-state index contributed by atoms with van der Waals surface area (Å²) in [5, 5.41) is 25.5. The molecule has 0 atom stereocenters. The predicted octanol–water partition coefficient (Wildman–Crippen LogP) is -1.92. The van der Waals surface area contributed by atoms with Crippen LogP contribution in [-0.4, -0.2) is 66.1 Å². The fourth-order valence-electron chi connectivity index (χ4n) is 0.958. The van der Waals surface area contributed by atoms with Crippen LogP contribution in [0.25, 0.3) is 0 Å². The lowest BCUT2D eigenvalue weighted by atomic mass is 10.5. The van der Waals surface area contributed by atoms with Crippen molar-refractivity contribution in [1.82, 2.24) is 4.31 Å². The van der Waals surface area contributed by atoms with Crippen molar-refractivity contribution in [3.05, 3.63) is 0 Å². The molecule has 7 nitrogen and oxygen atoms in total. The average Bonchev–Trinajstić information content (AvgIpc) is 2.15. The number of carboxylic acids is 1. The molecule has 0 aliphatic heterocycles. The van der Waals surface area contributed by atoms with Gasteiger partial charge < -0.3 is 15.3 Å². The molecule has 0 radical (unpaired) electrons. The molecule has 90 valence electrons. The third kappa shape index (κ3) is 5.67. The summed E-state index contributed by atoms with van der Waals surface area (Å²) >= 11 is 0. The van der Waals surface area contributed by atoms with Crippen molar-refractivity contribution < 1.29 is 28.5 Å². The highest BCUT2D eigenvalue weighted by molar-refractivity contribution is 7.89. The summed E-state index contributed by atoms with van der Waals surface area (Å²) < 4.78 is 23.8. The Morgan fingerprint density at radius 3 is 1.93 bits per heavy atom. The molecular weight excluding hydrogens is 226 g/mol. The van der Waals surface area contributed by atoms with Crippen molar-refractivity contribution in [1.29, 1.82) is 0 Å². The molecular formula is C7H15NO6S. The Bertz CT molecular complexity index is 282. The highest BCUT2D eigenvalue weighted by Gasteiger charge is 2.21. The molecule has 0 heterocycles. The van der Waals surface area contributed by atoms with Gasteiger partial charge in [-0.1, -0.05) is 0 Å². The van der Waals surface area contributed by atoms with Crippen LogP contribution >= 0.6 is 0 Å². The van der Waals surface area contributed by atoms with Gasteiger partial charge >= 0.3 is 5.97 Å². The quantitative estimate of drug-likeness (QED) is 0.456. The first kappa shape index (κ1) is 14.3. The zero-order valence-corrected chi connectivity index (χ0v) is 8.98. The lowest BCUT2D eigenvalue weighted by Gasteiger charge is -2.19. The molecule has 0 aromatic rings. The van der Waals surface area contributed by atoms with E-state index in [1.807, 2.05) is 0 Å². The Balaban J connectivity index is 4.42. The van der Waals surface area contributed by atoms with E-state index in [1.165, 1.54) is 0 Å². The van der Waals surface area contributed by atoms with Gasteiger partial charge in [0.05, 0.1) is 25.4 Å². The molecule has 0 fully saturated rings. The van der Waals surface area contributed by atoms with Gasteiger partial charge in [0.2, 0.25) is 10.0 Å². The van der Waals surface area contributed by atoms with Crippen molar-refractivity contribution in [3.63, 3.8) is 0 Å². The van der Waals surface area contributed by atoms with Crippen LogP contribution in [0.2, 0.25) is 0 Å². The zero-order valence-electron chi connectivity index (χ0n) is 8.16. The van der Waals surface area contributed by atoms with Crippen LogP contribution in [0.4, 0.5) is 0 Å². The lowest BCUT2D eigenvalue weighted by molar-refractivity contribution is -0.136. The molecule has 0 aromatic carbocycles. The first-order valence-electron chi connectivity index (χ1n) is 4.35. The third-order valence-corrected chi connectivity index (χ3v) is 3.54. The van der Waals surface area contributed by atoms with Crippen LogP contribution in [0, 0.1) is 0 Å². The smallest absolute Gasteiger partial charge is 0.304 e. The minimum atomic E-state index is -3.71. The number of carbonyl (C=O) groups is 1. The summed E-state index contributed by atoms with van der Waals surface area (Å²) in [4.78, 5) is 10.2. The largest absolute Gasteiger partial charge is 0.481 e. The maximum Gasteiger partial charge on any atom is 0.304 e. The number of hydrogen-bond acceptors (Lipinski definition) is 5. The first-order chi connectivity index (χ1) is 6.94. The van der Waals surface area contributed by atoms with Gasteiger partial charge in [0.1, 0.15) is 0 Å². The molecule has 0 aromatic heterocycles. The van der Waals surface area contributed by atoms with Crippen molar-refractivity contribution in [2.24, 2.45) is 0 Å². The summed E-state index contributed by atoms with van der Waals surface area (Å²) in [6, 6.07) is 0. The molecule has 8 heteroatoms.